The lowest BCUT2D eigenvalue weighted by molar-refractivity contribution is -0.132. The second-order valence-electron chi connectivity index (χ2n) is 13.1. The Kier molecular flexibility index (Phi) is 12.4. The average molecular weight is 587 g/mol. The Labute approximate surface area is 252 Å². The van der Waals surface area contributed by atoms with Gasteiger partial charge < -0.3 is 30.3 Å². The molecule has 3 unspecified atom stereocenters. The number of ketones is 1. The zero-order valence-electron chi connectivity index (χ0n) is 26.9. The van der Waals surface area contributed by atoms with E-state index in [0.29, 0.717) is 50.5 Å². The second-order valence-corrected chi connectivity index (χ2v) is 13.1. The van der Waals surface area contributed by atoms with Crippen LogP contribution in [0.15, 0.2) is 18.2 Å². The van der Waals surface area contributed by atoms with Crippen molar-refractivity contribution in [2.75, 3.05) is 49.2 Å². The summed E-state index contributed by atoms with van der Waals surface area (Å²) in [6, 6.07) is 5.82. The number of rotatable bonds is 12. The van der Waals surface area contributed by atoms with Crippen LogP contribution in [0.2, 0.25) is 0 Å². The first-order chi connectivity index (χ1) is 19.9. The van der Waals surface area contributed by atoms with Gasteiger partial charge in [0.2, 0.25) is 5.91 Å². The maximum Gasteiger partial charge on any atom is 0.270 e. The lowest BCUT2D eigenvalue weighted by Crippen LogP contribution is -2.53. The van der Waals surface area contributed by atoms with E-state index in [2.05, 4.69) is 26.1 Å². The number of carbonyl (C=O) groups excluding carboxylic acids is 3. The van der Waals surface area contributed by atoms with Gasteiger partial charge in [0.05, 0.1) is 11.6 Å². The van der Waals surface area contributed by atoms with E-state index in [1.54, 1.807) is 25.7 Å². The fourth-order valence-electron chi connectivity index (χ4n) is 5.86. The van der Waals surface area contributed by atoms with E-state index in [1.807, 2.05) is 30.0 Å². The van der Waals surface area contributed by atoms with Crippen LogP contribution < -0.4 is 25.6 Å². The van der Waals surface area contributed by atoms with Crippen LogP contribution in [0.5, 0.6) is 5.75 Å². The Morgan fingerprint density at radius 2 is 1.88 bits per heavy atom. The normalized spacial score (nSPS) is 22.0. The summed E-state index contributed by atoms with van der Waals surface area (Å²) in [6.45, 7) is 17.9. The van der Waals surface area contributed by atoms with E-state index in [-0.39, 0.29) is 35.5 Å². The maximum absolute atomic E-state index is 13.6. The van der Waals surface area contributed by atoms with Crippen LogP contribution in [0.1, 0.15) is 80.6 Å². The van der Waals surface area contributed by atoms with Gasteiger partial charge in [0, 0.05) is 50.5 Å². The molecule has 1 aromatic rings. The smallest absolute Gasteiger partial charge is 0.270 e. The molecule has 2 fully saturated rings. The first-order valence-corrected chi connectivity index (χ1v) is 15.9. The maximum atomic E-state index is 13.6. The molecule has 9 heteroatoms. The molecule has 0 bridgehead atoms. The SMILES string of the molecule is CC(=O)C1CNCC(C(=O)N(c2ccc3c(c2)N(CCCN)C(=O)C(C)(C)O3)C2CC2)C1.CCOCC(C)CC(C)C. The van der Waals surface area contributed by atoms with E-state index in [1.165, 1.54) is 6.42 Å². The molecule has 3 N–H and O–H groups in total. The lowest BCUT2D eigenvalue weighted by Gasteiger charge is -2.39. The fourth-order valence-corrected chi connectivity index (χ4v) is 5.86. The number of piperidine rings is 1. The molecular weight excluding hydrogens is 532 g/mol. The van der Waals surface area contributed by atoms with Gasteiger partial charge in [-0.25, -0.2) is 0 Å². The van der Waals surface area contributed by atoms with E-state index >= 15 is 0 Å². The number of hydrogen-bond acceptors (Lipinski definition) is 7. The lowest BCUT2D eigenvalue weighted by atomic mass is 9.87. The van der Waals surface area contributed by atoms with Crippen LogP contribution in [-0.2, 0) is 19.1 Å². The van der Waals surface area contributed by atoms with Gasteiger partial charge in [0.15, 0.2) is 5.60 Å². The highest BCUT2D eigenvalue weighted by Crippen LogP contribution is 2.43. The molecule has 0 spiro atoms. The molecule has 4 rings (SSSR count). The number of anilines is 2. The molecule has 1 saturated heterocycles. The van der Waals surface area contributed by atoms with E-state index in [0.717, 1.165) is 43.6 Å². The second kappa shape index (κ2) is 15.3. The van der Waals surface area contributed by atoms with Crippen molar-refractivity contribution < 1.29 is 23.9 Å². The first-order valence-electron chi connectivity index (χ1n) is 15.9. The van der Waals surface area contributed by atoms with Crippen molar-refractivity contribution in [3.63, 3.8) is 0 Å². The van der Waals surface area contributed by atoms with Crippen LogP contribution in [0.25, 0.3) is 0 Å². The van der Waals surface area contributed by atoms with Crippen LogP contribution in [0.4, 0.5) is 11.4 Å². The van der Waals surface area contributed by atoms with E-state index < -0.39 is 5.60 Å². The standard InChI is InChI=1S/C24H34N4O4.C9H20O/c1-15(29)16-11-17(14-26-13-16)22(30)28(18-5-6-18)19-7-8-21-20(12-19)27(10-4-9-25)23(31)24(2,3)32-21;1-5-10-7-9(4)6-8(2)3/h7-8,12,16-18,26H,4-6,9-11,13-14,25H2,1-3H3;8-9H,5-7H2,1-4H3. The van der Waals surface area contributed by atoms with E-state index in [9.17, 15) is 14.4 Å². The van der Waals surface area contributed by atoms with Crippen molar-refractivity contribution in [1.82, 2.24) is 5.32 Å². The highest BCUT2D eigenvalue weighted by atomic mass is 16.5. The summed E-state index contributed by atoms with van der Waals surface area (Å²) in [6.07, 6.45) is 4.45. The van der Waals surface area contributed by atoms with Crippen LogP contribution in [0, 0.1) is 23.7 Å². The minimum Gasteiger partial charge on any atom is -0.476 e. The van der Waals surface area contributed by atoms with Crippen LogP contribution in [0.3, 0.4) is 0 Å². The predicted molar refractivity (Wildman–Crippen MR) is 168 cm³/mol. The van der Waals surface area contributed by atoms with Crippen LogP contribution in [-0.4, -0.2) is 68.6 Å². The van der Waals surface area contributed by atoms with E-state index in [4.69, 9.17) is 15.2 Å². The third-order valence-electron chi connectivity index (χ3n) is 8.13. The topological polar surface area (TPSA) is 114 Å². The number of fused-ring (bicyclic) bond motifs is 1. The quantitative estimate of drug-likeness (QED) is 0.369. The number of hydrogen-bond donors (Lipinski definition) is 2. The molecule has 0 aromatic heterocycles. The fraction of sp³-hybridized carbons (Fsp3) is 0.727. The van der Waals surface area contributed by atoms with Gasteiger partial charge in [-0.3, -0.25) is 14.4 Å². The van der Waals surface area contributed by atoms with Gasteiger partial charge in [0.25, 0.3) is 5.91 Å². The molecule has 0 radical (unpaired) electrons. The number of amides is 2. The van der Waals surface area contributed by atoms with Gasteiger partial charge in [-0.2, -0.15) is 0 Å². The first kappa shape index (κ1) is 34.0. The number of nitrogens with zero attached hydrogens (tertiary/aromatic N) is 2. The molecule has 1 saturated carbocycles. The number of nitrogens with two attached hydrogens (primary N) is 1. The molecule has 2 heterocycles. The summed E-state index contributed by atoms with van der Waals surface area (Å²) in [5.41, 5.74) is 6.21. The molecule has 3 atom stereocenters. The number of carbonyl (C=O) groups is 3. The predicted octanol–water partition coefficient (Wildman–Crippen LogP) is 4.55. The number of ether oxygens (including phenoxy) is 2. The molecule has 1 aliphatic carbocycles. The molecule has 1 aromatic carbocycles. The number of Topliss-reactive ketones (excluding diaryl/α,β-unsaturated/α-hetero) is 1. The summed E-state index contributed by atoms with van der Waals surface area (Å²) >= 11 is 0. The van der Waals surface area contributed by atoms with Crippen molar-refractivity contribution in [2.24, 2.45) is 29.4 Å². The minimum atomic E-state index is -0.954. The molecule has 2 amide bonds. The summed E-state index contributed by atoms with van der Waals surface area (Å²) in [4.78, 5) is 42.2. The van der Waals surface area contributed by atoms with Crippen molar-refractivity contribution in [3.05, 3.63) is 18.2 Å². The number of nitrogens with one attached hydrogen (secondary N) is 1. The van der Waals surface area contributed by atoms with Gasteiger partial charge >= 0.3 is 0 Å². The molecular formula is C33H54N4O5. The van der Waals surface area contributed by atoms with Crippen molar-refractivity contribution in [3.8, 4) is 5.75 Å². The Bertz CT molecular complexity index is 1070. The Morgan fingerprint density at radius 3 is 2.48 bits per heavy atom. The zero-order chi connectivity index (χ0) is 31.0. The zero-order valence-corrected chi connectivity index (χ0v) is 26.9. The largest absolute Gasteiger partial charge is 0.476 e. The molecule has 3 aliphatic rings. The average Bonchev–Trinajstić information content (AvgIpc) is 3.77. The van der Waals surface area contributed by atoms with Crippen molar-refractivity contribution in [1.29, 1.82) is 0 Å². The highest BCUT2D eigenvalue weighted by Gasteiger charge is 2.43. The Hall–Kier alpha value is -2.49. The van der Waals surface area contributed by atoms with Crippen molar-refractivity contribution >= 4 is 29.0 Å². The molecule has 2 aliphatic heterocycles. The monoisotopic (exact) mass is 586 g/mol. The Morgan fingerprint density at radius 1 is 1.19 bits per heavy atom. The summed E-state index contributed by atoms with van der Waals surface area (Å²) < 4.78 is 11.3. The third-order valence-corrected chi connectivity index (χ3v) is 8.13. The van der Waals surface area contributed by atoms with Crippen LogP contribution >= 0.6 is 0 Å². The minimum absolute atomic E-state index is 0.0443. The van der Waals surface area contributed by atoms with Gasteiger partial charge in [-0.15, -0.1) is 0 Å². The molecule has 9 nitrogen and oxygen atoms in total. The van der Waals surface area contributed by atoms with Crippen molar-refractivity contribution in [2.45, 2.75) is 92.2 Å². The Balaban J connectivity index is 0.000000416. The summed E-state index contributed by atoms with van der Waals surface area (Å²) in [5.74, 6) is 1.85. The number of benzene rings is 1. The highest BCUT2D eigenvalue weighted by molar-refractivity contribution is 6.04. The summed E-state index contributed by atoms with van der Waals surface area (Å²) in [5, 5.41) is 3.25. The third kappa shape index (κ3) is 9.01. The molecule has 236 valence electrons. The van der Waals surface area contributed by atoms with Gasteiger partial charge in [0.1, 0.15) is 11.5 Å². The van der Waals surface area contributed by atoms with Gasteiger partial charge in [-0.1, -0.05) is 20.8 Å². The van der Waals surface area contributed by atoms with Gasteiger partial charge in [-0.05, 0) is 96.4 Å². The molecule has 42 heavy (non-hydrogen) atoms. The summed E-state index contributed by atoms with van der Waals surface area (Å²) in [7, 11) is 0.